The molecule has 0 amide bonds. The van der Waals surface area contributed by atoms with Crippen LogP contribution in [0.25, 0.3) is 0 Å². The lowest BCUT2D eigenvalue weighted by molar-refractivity contribution is -0.0174. The molecule has 0 atom stereocenters. The van der Waals surface area contributed by atoms with Crippen LogP contribution in [0.3, 0.4) is 0 Å². The van der Waals surface area contributed by atoms with Crippen molar-refractivity contribution in [3.63, 3.8) is 0 Å². The summed E-state index contributed by atoms with van der Waals surface area (Å²) < 4.78 is 11.1. The molecular formula is C17H20ClN3O2S. The minimum absolute atomic E-state index is 0.319. The Kier molecular flexibility index (Phi) is 4.89. The first-order valence-electron chi connectivity index (χ1n) is 8.18. The average molecular weight is 366 g/mol. The smallest absolute Gasteiger partial charge is 0.189 e. The van der Waals surface area contributed by atoms with Crippen molar-refractivity contribution in [3.8, 4) is 5.75 Å². The molecule has 7 heteroatoms. The fourth-order valence-electron chi connectivity index (χ4n) is 3.31. The van der Waals surface area contributed by atoms with E-state index in [4.69, 9.17) is 21.1 Å². The molecule has 1 saturated heterocycles. The highest BCUT2D eigenvalue weighted by Crippen LogP contribution is 2.32. The summed E-state index contributed by atoms with van der Waals surface area (Å²) in [5.74, 6) is 0.951. The molecule has 0 radical (unpaired) electrons. The van der Waals surface area contributed by atoms with Crippen molar-refractivity contribution >= 4 is 28.1 Å². The number of hydrogen-bond donors (Lipinski definition) is 0. The van der Waals surface area contributed by atoms with E-state index in [2.05, 4.69) is 14.8 Å². The molecule has 2 aliphatic heterocycles. The maximum atomic E-state index is 6.28. The number of nitrogens with zero attached hydrogens (tertiary/aromatic N) is 3. The summed E-state index contributed by atoms with van der Waals surface area (Å²) in [7, 11) is 0. The van der Waals surface area contributed by atoms with Crippen molar-refractivity contribution in [2.75, 3.05) is 37.9 Å². The van der Waals surface area contributed by atoms with Crippen molar-refractivity contribution < 1.29 is 9.47 Å². The van der Waals surface area contributed by atoms with Crippen LogP contribution in [0.1, 0.15) is 17.5 Å². The van der Waals surface area contributed by atoms with E-state index in [1.165, 1.54) is 0 Å². The number of halogens is 1. The molecule has 2 aromatic rings. The Morgan fingerprint density at radius 3 is 3.04 bits per heavy atom. The molecule has 0 spiro atoms. The molecule has 1 aromatic carbocycles. The van der Waals surface area contributed by atoms with E-state index in [1.807, 2.05) is 23.7 Å². The standard InChI is InChI=1S/C17H20ClN3O2S/c18-15-8-13(16-14(9-15)11-22-12-23-16)10-20-3-1-4-21(6-5-20)17-19-2-7-24-17/h2,7-9H,1,3-6,10-12H2. The van der Waals surface area contributed by atoms with Crippen LogP contribution in [0.4, 0.5) is 5.13 Å². The van der Waals surface area contributed by atoms with Gasteiger partial charge in [-0.2, -0.15) is 0 Å². The first-order valence-corrected chi connectivity index (χ1v) is 9.44. The van der Waals surface area contributed by atoms with E-state index in [0.717, 1.165) is 66.2 Å². The first-order chi connectivity index (χ1) is 11.8. The third-order valence-corrected chi connectivity index (χ3v) is 5.47. The molecule has 0 saturated carbocycles. The van der Waals surface area contributed by atoms with Gasteiger partial charge in [-0.05, 0) is 18.6 Å². The van der Waals surface area contributed by atoms with Gasteiger partial charge in [-0.3, -0.25) is 4.90 Å². The normalized spacial score (nSPS) is 18.8. The summed E-state index contributed by atoms with van der Waals surface area (Å²) in [6.45, 7) is 5.88. The Balaban J connectivity index is 1.47. The lowest BCUT2D eigenvalue weighted by Crippen LogP contribution is -2.30. The van der Waals surface area contributed by atoms with Gasteiger partial charge in [0, 0.05) is 60.5 Å². The zero-order valence-corrected chi connectivity index (χ0v) is 15.0. The van der Waals surface area contributed by atoms with Gasteiger partial charge in [0.15, 0.2) is 11.9 Å². The summed E-state index contributed by atoms with van der Waals surface area (Å²) >= 11 is 7.99. The topological polar surface area (TPSA) is 37.8 Å². The molecule has 2 aliphatic rings. The SMILES string of the molecule is Clc1cc2c(c(CN3CCCN(c4nccs4)CC3)c1)OCOC2. The van der Waals surface area contributed by atoms with Gasteiger partial charge in [-0.25, -0.2) is 4.98 Å². The lowest BCUT2D eigenvalue weighted by Gasteiger charge is -2.25. The fourth-order valence-corrected chi connectivity index (χ4v) is 4.27. The van der Waals surface area contributed by atoms with Gasteiger partial charge in [0.25, 0.3) is 0 Å². The monoisotopic (exact) mass is 365 g/mol. The van der Waals surface area contributed by atoms with E-state index in [0.29, 0.717) is 13.4 Å². The predicted molar refractivity (Wildman–Crippen MR) is 96.0 cm³/mol. The zero-order chi connectivity index (χ0) is 16.4. The highest BCUT2D eigenvalue weighted by molar-refractivity contribution is 7.13. The number of fused-ring (bicyclic) bond motifs is 1. The van der Waals surface area contributed by atoms with Gasteiger partial charge >= 0.3 is 0 Å². The number of anilines is 1. The minimum Gasteiger partial charge on any atom is -0.467 e. The van der Waals surface area contributed by atoms with Crippen LogP contribution < -0.4 is 9.64 Å². The van der Waals surface area contributed by atoms with Gasteiger partial charge in [0.05, 0.1) is 6.61 Å². The first kappa shape index (κ1) is 16.1. The molecule has 0 bridgehead atoms. The number of hydrogen-bond acceptors (Lipinski definition) is 6. The second-order valence-corrected chi connectivity index (χ2v) is 7.40. The fraction of sp³-hybridized carbons (Fsp3) is 0.471. The minimum atomic E-state index is 0.319. The summed E-state index contributed by atoms with van der Waals surface area (Å²) in [5.41, 5.74) is 2.20. The Morgan fingerprint density at radius 1 is 1.21 bits per heavy atom. The van der Waals surface area contributed by atoms with Gasteiger partial charge < -0.3 is 14.4 Å². The molecular weight excluding hydrogens is 346 g/mol. The third-order valence-electron chi connectivity index (χ3n) is 4.42. The third kappa shape index (κ3) is 3.52. The second kappa shape index (κ2) is 7.27. The molecule has 5 nitrogen and oxygen atoms in total. The molecule has 3 heterocycles. The maximum Gasteiger partial charge on any atom is 0.189 e. The Labute approximate surface area is 150 Å². The number of aromatic nitrogens is 1. The van der Waals surface area contributed by atoms with Crippen LogP contribution >= 0.6 is 22.9 Å². The molecule has 128 valence electrons. The number of benzene rings is 1. The van der Waals surface area contributed by atoms with Crippen LogP contribution in [-0.2, 0) is 17.9 Å². The van der Waals surface area contributed by atoms with Gasteiger partial charge in [0.2, 0.25) is 0 Å². The van der Waals surface area contributed by atoms with E-state index >= 15 is 0 Å². The van der Waals surface area contributed by atoms with Crippen LogP contribution in [0.2, 0.25) is 5.02 Å². The molecule has 1 fully saturated rings. The zero-order valence-electron chi connectivity index (χ0n) is 13.4. The highest BCUT2D eigenvalue weighted by atomic mass is 35.5. The molecule has 0 aliphatic carbocycles. The second-order valence-electron chi connectivity index (χ2n) is 6.10. The van der Waals surface area contributed by atoms with Gasteiger partial charge in [0.1, 0.15) is 5.75 Å². The summed E-state index contributed by atoms with van der Waals surface area (Å²) in [5, 5.41) is 3.91. The average Bonchev–Trinajstić information content (AvgIpc) is 3.02. The molecule has 24 heavy (non-hydrogen) atoms. The highest BCUT2D eigenvalue weighted by Gasteiger charge is 2.21. The van der Waals surface area contributed by atoms with Crippen LogP contribution in [-0.4, -0.2) is 42.9 Å². The number of thiazole rings is 1. The van der Waals surface area contributed by atoms with E-state index in [9.17, 15) is 0 Å². The van der Waals surface area contributed by atoms with Crippen LogP contribution in [0.5, 0.6) is 5.75 Å². The van der Waals surface area contributed by atoms with Crippen LogP contribution in [0.15, 0.2) is 23.7 Å². The Hall–Kier alpha value is -1.34. The van der Waals surface area contributed by atoms with Crippen molar-refractivity contribution in [2.45, 2.75) is 19.6 Å². The van der Waals surface area contributed by atoms with E-state index in [1.54, 1.807) is 11.3 Å². The van der Waals surface area contributed by atoms with Crippen molar-refractivity contribution in [1.29, 1.82) is 0 Å². The maximum absolute atomic E-state index is 6.28. The number of rotatable bonds is 3. The van der Waals surface area contributed by atoms with Gasteiger partial charge in [-0.15, -0.1) is 11.3 Å². The Bertz CT molecular complexity index is 695. The molecule has 0 N–H and O–H groups in total. The molecule has 4 rings (SSSR count). The lowest BCUT2D eigenvalue weighted by atomic mass is 10.1. The molecule has 1 aromatic heterocycles. The predicted octanol–water partition coefficient (Wildman–Crippen LogP) is 3.38. The Morgan fingerprint density at radius 2 is 2.17 bits per heavy atom. The van der Waals surface area contributed by atoms with Crippen molar-refractivity contribution in [2.24, 2.45) is 0 Å². The van der Waals surface area contributed by atoms with Crippen molar-refractivity contribution in [1.82, 2.24) is 9.88 Å². The summed E-state index contributed by atoms with van der Waals surface area (Å²) in [6.07, 6.45) is 3.01. The summed E-state index contributed by atoms with van der Waals surface area (Å²) in [6, 6.07) is 3.96. The van der Waals surface area contributed by atoms with Crippen LogP contribution in [0, 0.1) is 0 Å². The largest absolute Gasteiger partial charge is 0.467 e. The van der Waals surface area contributed by atoms with Crippen molar-refractivity contribution in [3.05, 3.63) is 39.9 Å². The molecule has 0 unspecified atom stereocenters. The van der Waals surface area contributed by atoms with E-state index in [-0.39, 0.29) is 0 Å². The quantitative estimate of drug-likeness (QED) is 0.833. The summed E-state index contributed by atoms with van der Waals surface area (Å²) in [4.78, 5) is 9.28. The number of ether oxygens (including phenoxy) is 2. The van der Waals surface area contributed by atoms with Gasteiger partial charge in [-0.1, -0.05) is 11.6 Å². The van der Waals surface area contributed by atoms with E-state index < -0.39 is 0 Å².